The molecule has 0 aromatic heterocycles. The average Bonchev–Trinajstić information content (AvgIpc) is 3.55. The molecule has 4 aliphatic carbocycles. The van der Waals surface area contributed by atoms with Crippen molar-refractivity contribution in [3.63, 3.8) is 0 Å². The van der Waals surface area contributed by atoms with E-state index in [0.717, 1.165) is 50.7 Å². The van der Waals surface area contributed by atoms with Crippen molar-refractivity contribution >= 4 is 23.5 Å². The summed E-state index contributed by atoms with van der Waals surface area (Å²) in [5, 5.41) is 27.7. The number of nitrogens with zero attached hydrogens (tertiary/aromatic N) is 2. The second-order valence-electron chi connectivity index (χ2n) is 14.2. The molecule has 5 rings (SSSR count). The van der Waals surface area contributed by atoms with Crippen LogP contribution in [0.4, 0.5) is 0 Å². The summed E-state index contributed by atoms with van der Waals surface area (Å²) >= 11 is 0. The summed E-state index contributed by atoms with van der Waals surface area (Å²) in [6.45, 7) is 8.32. The molecule has 0 radical (unpaired) electrons. The Hall–Kier alpha value is -2.86. The largest absolute Gasteiger partial charge is 0.480 e. The van der Waals surface area contributed by atoms with Gasteiger partial charge in [0.1, 0.15) is 17.7 Å². The van der Waals surface area contributed by atoms with Gasteiger partial charge in [0.05, 0.1) is 5.71 Å². The molecular formula is C33H47N3O6. The fourth-order valence-electron chi connectivity index (χ4n) is 9.26. The van der Waals surface area contributed by atoms with Crippen molar-refractivity contribution in [2.75, 3.05) is 13.2 Å². The molecule has 2 amide bonds. The fourth-order valence-corrected chi connectivity index (χ4v) is 9.26. The molecule has 4 fully saturated rings. The molecule has 9 nitrogen and oxygen atoms in total. The van der Waals surface area contributed by atoms with E-state index in [1.165, 1.54) is 10.5 Å². The molecule has 0 bridgehead atoms. The van der Waals surface area contributed by atoms with Crippen molar-refractivity contribution in [2.24, 2.45) is 39.7 Å². The Labute approximate surface area is 249 Å². The van der Waals surface area contributed by atoms with E-state index in [4.69, 9.17) is 11.3 Å². The van der Waals surface area contributed by atoms with Gasteiger partial charge in [0, 0.05) is 12.0 Å². The quantitative estimate of drug-likeness (QED) is 0.309. The minimum atomic E-state index is -1.02. The van der Waals surface area contributed by atoms with E-state index in [1.54, 1.807) is 0 Å². The first kappa shape index (κ1) is 30.6. The molecule has 0 spiro atoms. The summed E-state index contributed by atoms with van der Waals surface area (Å²) in [5.74, 6) is 2.29. The van der Waals surface area contributed by atoms with Crippen LogP contribution < -0.4 is 5.32 Å². The van der Waals surface area contributed by atoms with E-state index >= 15 is 0 Å². The summed E-state index contributed by atoms with van der Waals surface area (Å²) in [6, 6.07) is -1.67. The molecule has 8 atom stereocenters. The van der Waals surface area contributed by atoms with Gasteiger partial charge >= 0.3 is 5.97 Å². The number of hydrogen-bond acceptors (Lipinski definition) is 6. The van der Waals surface area contributed by atoms with Gasteiger partial charge in [-0.15, -0.1) is 6.42 Å². The number of carboxylic acid groups (broad SMARTS) is 1. The number of allylic oxidation sites excluding steroid dienone is 2. The lowest BCUT2D eigenvalue weighted by Gasteiger charge is -2.58. The zero-order valence-electron chi connectivity index (χ0n) is 25.5. The number of carbonyl (C=O) groups is 3. The molecule has 0 aromatic rings. The molecule has 5 aliphatic rings. The number of fused-ring (bicyclic) bond motifs is 5. The van der Waals surface area contributed by atoms with E-state index in [0.29, 0.717) is 43.6 Å². The van der Waals surface area contributed by atoms with Crippen LogP contribution >= 0.6 is 0 Å². The van der Waals surface area contributed by atoms with E-state index in [-0.39, 0.29) is 29.3 Å². The van der Waals surface area contributed by atoms with Crippen molar-refractivity contribution in [3.05, 3.63) is 11.6 Å². The highest BCUT2D eigenvalue weighted by Crippen LogP contribution is 2.67. The molecule has 1 aliphatic heterocycles. The van der Waals surface area contributed by atoms with Gasteiger partial charge in [-0.05, 0) is 99.4 Å². The summed E-state index contributed by atoms with van der Waals surface area (Å²) in [7, 11) is 0. The molecule has 230 valence electrons. The lowest BCUT2D eigenvalue weighted by Crippen LogP contribution is -2.54. The van der Waals surface area contributed by atoms with Crippen molar-refractivity contribution in [1.82, 2.24) is 10.2 Å². The number of nitrogens with one attached hydrogen (secondary N) is 1. The fraction of sp³-hybridized carbons (Fsp3) is 0.758. The van der Waals surface area contributed by atoms with Crippen LogP contribution in [0.25, 0.3) is 0 Å². The second-order valence-corrected chi connectivity index (χ2v) is 14.2. The molecule has 1 saturated heterocycles. The van der Waals surface area contributed by atoms with Gasteiger partial charge in [-0.1, -0.05) is 44.3 Å². The van der Waals surface area contributed by atoms with Gasteiger partial charge in [0.2, 0.25) is 5.91 Å². The standard InChI is InChI=1S/C33H47N3O6/c1-6-33(41)16-13-25-23-10-9-21-18-22(11-14-31(21,4)24(23)12-15-32(25,33)5)35-42-19-27(37)34-28(20(2)3)29(38)36-17-7-8-26(36)30(39)40/h1,18,20,23-26,28,41H,7-17,19H2,2-5H3,(H,34,37)(H,39,40)/b35-22-/t23-,24+,25-,26-,28+,31+,32+,33-/m1/s1. The van der Waals surface area contributed by atoms with Crippen LogP contribution in [0.15, 0.2) is 16.8 Å². The Morgan fingerprint density at radius 3 is 2.57 bits per heavy atom. The van der Waals surface area contributed by atoms with Gasteiger partial charge in [-0.2, -0.15) is 0 Å². The number of likely N-dealkylation sites (tertiary alicyclic amines) is 1. The summed E-state index contributed by atoms with van der Waals surface area (Å²) in [6.07, 6.45) is 16.6. The lowest BCUT2D eigenvalue weighted by molar-refractivity contribution is -0.150. The number of amides is 2. The SMILES string of the molecule is C#C[C@@]1(O)CC[C@@H]2[C@@H]3CCC4=C/C(=N\OCC(=O)N[C@H](C(=O)N5CCC[C@@H]5C(=O)O)C(C)C)CC[C@]4(C)[C@H]3CC[C@@]21C. The first-order valence-corrected chi connectivity index (χ1v) is 15.8. The Morgan fingerprint density at radius 2 is 1.88 bits per heavy atom. The third-order valence-corrected chi connectivity index (χ3v) is 11.8. The van der Waals surface area contributed by atoms with Gasteiger partial charge in [-0.3, -0.25) is 9.59 Å². The Balaban J connectivity index is 1.19. The smallest absolute Gasteiger partial charge is 0.326 e. The topological polar surface area (TPSA) is 129 Å². The average molecular weight is 582 g/mol. The number of terminal acetylenes is 1. The van der Waals surface area contributed by atoms with Crippen molar-refractivity contribution < 1.29 is 29.4 Å². The highest BCUT2D eigenvalue weighted by Gasteiger charge is 2.63. The summed E-state index contributed by atoms with van der Waals surface area (Å²) < 4.78 is 0. The number of carbonyl (C=O) groups excluding carboxylic acids is 2. The van der Waals surface area contributed by atoms with Crippen LogP contribution in [0.1, 0.15) is 91.9 Å². The van der Waals surface area contributed by atoms with Crippen LogP contribution in [0, 0.1) is 46.8 Å². The first-order valence-electron chi connectivity index (χ1n) is 15.8. The van der Waals surface area contributed by atoms with Crippen molar-refractivity contribution in [2.45, 2.75) is 110 Å². The maximum absolute atomic E-state index is 13.1. The summed E-state index contributed by atoms with van der Waals surface area (Å²) in [4.78, 5) is 44.2. The number of hydrogen-bond donors (Lipinski definition) is 3. The number of rotatable bonds is 7. The van der Waals surface area contributed by atoms with Crippen LogP contribution in [0.2, 0.25) is 0 Å². The van der Waals surface area contributed by atoms with Gasteiger partial charge < -0.3 is 25.3 Å². The zero-order valence-corrected chi connectivity index (χ0v) is 25.5. The van der Waals surface area contributed by atoms with E-state index in [2.05, 4.69) is 36.3 Å². The maximum atomic E-state index is 13.1. The first-order chi connectivity index (χ1) is 19.8. The van der Waals surface area contributed by atoms with Crippen molar-refractivity contribution in [3.8, 4) is 12.3 Å². The van der Waals surface area contributed by atoms with Crippen LogP contribution in [0.3, 0.4) is 0 Å². The van der Waals surface area contributed by atoms with Gasteiger partial charge in [0.25, 0.3) is 5.91 Å². The minimum Gasteiger partial charge on any atom is -0.480 e. The molecule has 3 N–H and O–H groups in total. The Kier molecular flexibility index (Phi) is 8.25. The molecule has 0 unspecified atom stereocenters. The Bertz CT molecular complexity index is 1220. The van der Waals surface area contributed by atoms with E-state index in [1.807, 2.05) is 13.8 Å². The predicted molar refractivity (Wildman–Crippen MR) is 158 cm³/mol. The normalized spacial score (nSPS) is 39.0. The zero-order chi connectivity index (χ0) is 30.4. The van der Waals surface area contributed by atoms with Crippen LogP contribution in [0.5, 0.6) is 0 Å². The number of carboxylic acids is 1. The van der Waals surface area contributed by atoms with E-state index < -0.39 is 29.6 Å². The Morgan fingerprint density at radius 1 is 1.14 bits per heavy atom. The molecule has 42 heavy (non-hydrogen) atoms. The molecule has 1 heterocycles. The third-order valence-electron chi connectivity index (χ3n) is 11.8. The minimum absolute atomic E-state index is 0.0890. The molecular weight excluding hydrogens is 534 g/mol. The lowest BCUT2D eigenvalue weighted by atomic mass is 9.46. The van der Waals surface area contributed by atoms with Crippen molar-refractivity contribution in [1.29, 1.82) is 0 Å². The van der Waals surface area contributed by atoms with Crippen LogP contribution in [-0.4, -0.2) is 69.4 Å². The highest BCUT2D eigenvalue weighted by atomic mass is 16.6. The molecule has 0 aromatic carbocycles. The van der Waals surface area contributed by atoms with E-state index in [9.17, 15) is 24.6 Å². The van der Waals surface area contributed by atoms with Gasteiger partial charge in [-0.25, -0.2) is 4.79 Å². The summed E-state index contributed by atoms with van der Waals surface area (Å²) in [5.41, 5.74) is 1.12. The molecule has 3 saturated carbocycles. The number of oxime groups is 1. The molecule has 9 heteroatoms. The van der Waals surface area contributed by atoms with Crippen LogP contribution in [-0.2, 0) is 19.2 Å². The van der Waals surface area contributed by atoms with Gasteiger partial charge in [0.15, 0.2) is 6.61 Å². The second kappa shape index (κ2) is 11.3. The maximum Gasteiger partial charge on any atom is 0.326 e. The number of aliphatic carboxylic acids is 1. The predicted octanol–water partition coefficient (Wildman–Crippen LogP) is 3.90. The third kappa shape index (κ3) is 5.04. The number of aliphatic hydroxyl groups is 1. The monoisotopic (exact) mass is 581 g/mol. The highest BCUT2D eigenvalue weighted by molar-refractivity contribution is 5.96.